The number of halogens is 1. The number of benzene rings is 2. The zero-order valence-corrected chi connectivity index (χ0v) is 16.9. The average molecular weight is 404 g/mol. The van der Waals surface area contributed by atoms with E-state index in [9.17, 15) is 9.59 Å². The molecule has 0 saturated carbocycles. The van der Waals surface area contributed by atoms with Gasteiger partial charge < -0.3 is 9.64 Å². The van der Waals surface area contributed by atoms with Crippen LogP contribution in [-0.4, -0.2) is 35.2 Å². The van der Waals surface area contributed by atoms with E-state index in [-0.39, 0.29) is 23.9 Å². The Hall–Kier alpha value is -1.98. The van der Waals surface area contributed by atoms with Gasteiger partial charge in [0.2, 0.25) is 0 Å². The Kier molecular flexibility index (Phi) is 6.45. The fraction of sp³-hybridized carbons (Fsp3) is 0.333. The molecule has 0 aromatic heterocycles. The predicted octanol–water partition coefficient (Wildman–Crippen LogP) is 4.72. The van der Waals surface area contributed by atoms with E-state index < -0.39 is 6.04 Å². The molecule has 2 atom stereocenters. The van der Waals surface area contributed by atoms with Crippen LogP contribution in [0.5, 0.6) is 0 Å². The molecule has 0 radical (unpaired) electrons. The van der Waals surface area contributed by atoms with Crippen molar-refractivity contribution in [3.63, 3.8) is 0 Å². The molecule has 3 rings (SSSR count). The van der Waals surface area contributed by atoms with E-state index in [1.54, 1.807) is 17.9 Å². The minimum absolute atomic E-state index is 0.189. The van der Waals surface area contributed by atoms with Gasteiger partial charge in [-0.25, -0.2) is 4.79 Å². The first-order valence-corrected chi connectivity index (χ1v) is 10.4. The van der Waals surface area contributed by atoms with Gasteiger partial charge in [-0.3, -0.25) is 4.79 Å². The summed E-state index contributed by atoms with van der Waals surface area (Å²) in [5, 5.41) is 0.255. The van der Waals surface area contributed by atoms with Crippen LogP contribution >= 0.6 is 23.4 Å². The minimum Gasteiger partial charge on any atom is -0.464 e. The monoisotopic (exact) mass is 403 g/mol. The number of thioether (sulfide) groups is 1. The molecule has 1 aliphatic rings. The number of hydrogen-bond donors (Lipinski definition) is 0. The molecule has 1 heterocycles. The van der Waals surface area contributed by atoms with Crippen LogP contribution in [0.4, 0.5) is 0 Å². The van der Waals surface area contributed by atoms with Crippen LogP contribution in [0, 0.1) is 0 Å². The molecule has 1 aliphatic heterocycles. The van der Waals surface area contributed by atoms with E-state index in [2.05, 4.69) is 6.92 Å². The zero-order valence-electron chi connectivity index (χ0n) is 15.4. The smallest absolute Gasteiger partial charge is 0.329 e. The Morgan fingerprint density at radius 1 is 1.15 bits per heavy atom. The lowest BCUT2D eigenvalue weighted by atomic mass is 10.1. The summed E-state index contributed by atoms with van der Waals surface area (Å²) in [4.78, 5) is 27.4. The highest BCUT2D eigenvalue weighted by molar-refractivity contribution is 7.99. The molecule has 2 unspecified atom stereocenters. The molecular formula is C21H22ClNO3S. The number of amides is 1. The van der Waals surface area contributed by atoms with Gasteiger partial charge in [-0.15, -0.1) is 11.8 Å². The predicted molar refractivity (Wildman–Crippen MR) is 109 cm³/mol. The number of carbonyl (C=O) groups is 2. The fourth-order valence-electron chi connectivity index (χ4n) is 3.12. The third-order valence-electron chi connectivity index (χ3n) is 4.57. The van der Waals surface area contributed by atoms with E-state index in [4.69, 9.17) is 16.3 Å². The van der Waals surface area contributed by atoms with Crippen LogP contribution in [0.15, 0.2) is 48.5 Å². The van der Waals surface area contributed by atoms with Gasteiger partial charge in [0.1, 0.15) is 11.4 Å². The molecule has 2 aromatic rings. The van der Waals surface area contributed by atoms with Gasteiger partial charge in [0.05, 0.1) is 6.61 Å². The lowest BCUT2D eigenvalue weighted by Crippen LogP contribution is -2.43. The second-order valence-corrected chi connectivity index (χ2v) is 7.76. The van der Waals surface area contributed by atoms with Crippen molar-refractivity contribution in [3.05, 3.63) is 70.2 Å². The molecule has 142 valence electrons. The molecule has 1 amide bonds. The zero-order chi connectivity index (χ0) is 19.4. The maximum atomic E-state index is 13.3. The van der Waals surface area contributed by atoms with E-state index in [1.807, 2.05) is 42.5 Å². The maximum absolute atomic E-state index is 13.3. The van der Waals surface area contributed by atoms with Gasteiger partial charge in [-0.05, 0) is 37.1 Å². The molecule has 0 spiro atoms. The lowest BCUT2D eigenvalue weighted by molar-refractivity contribution is -0.147. The van der Waals surface area contributed by atoms with Crippen LogP contribution in [0.25, 0.3) is 0 Å². The largest absolute Gasteiger partial charge is 0.464 e. The summed E-state index contributed by atoms with van der Waals surface area (Å²) in [5.41, 5.74) is 2.54. The van der Waals surface area contributed by atoms with Crippen molar-refractivity contribution in [2.75, 3.05) is 12.4 Å². The quantitative estimate of drug-likeness (QED) is 0.677. The average Bonchev–Trinajstić information content (AvgIpc) is 3.13. The van der Waals surface area contributed by atoms with Gasteiger partial charge in [0.15, 0.2) is 0 Å². The van der Waals surface area contributed by atoms with Crippen molar-refractivity contribution in [2.45, 2.75) is 31.7 Å². The number of ether oxygens (including phenoxy) is 1. The molecular weight excluding hydrogens is 382 g/mol. The molecule has 6 heteroatoms. The molecule has 2 aromatic carbocycles. The van der Waals surface area contributed by atoms with Crippen molar-refractivity contribution >= 4 is 35.2 Å². The van der Waals surface area contributed by atoms with Gasteiger partial charge in [-0.2, -0.15) is 0 Å². The third-order valence-corrected chi connectivity index (χ3v) is 6.22. The van der Waals surface area contributed by atoms with Crippen LogP contribution < -0.4 is 0 Å². The normalized spacial score (nSPS) is 19.1. The maximum Gasteiger partial charge on any atom is 0.329 e. The molecule has 27 heavy (non-hydrogen) atoms. The van der Waals surface area contributed by atoms with Gasteiger partial charge in [0.25, 0.3) is 5.91 Å². The van der Waals surface area contributed by atoms with Crippen LogP contribution in [-0.2, 0) is 16.0 Å². The number of hydrogen-bond acceptors (Lipinski definition) is 4. The Balaban J connectivity index is 1.97. The van der Waals surface area contributed by atoms with Gasteiger partial charge >= 0.3 is 5.97 Å². The van der Waals surface area contributed by atoms with Crippen LogP contribution in [0.3, 0.4) is 0 Å². The Bertz CT molecular complexity index is 824. The van der Waals surface area contributed by atoms with Gasteiger partial charge in [0, 0.05) is 21.9 Å². The standard InChI is InChI=1S/C21H22ClNO3S/c1-3-14-9-11-15(12-10-14)19(24)23-18(21(25)26-4-2)13-27-20(23)16-7-5-6-8-17(16)22/h5-12,18,20H,3-4,13H2,1-2H3. The Morgan fingerprint density at radius 3 is 2.48 bits per heavy atom. The van der Waals surface area contributed by atoms with Crippen molar-refractivity contribution in [1.29, 1.82) is 0 Å². The summed E-state index contributed by atoms with van der Waals surface area (Å²) in [6, 6.07) is 14.3. The van der Waals surface area contributed by atoms with Crippen molar-refractivity contribution in [2.24, 2.45) is 0 Å². The summed E-state index contributed by atoms with van der Waals surface area (Å²) >= 11 is 7.91. The van der Waals surface area contributed by atoms with Crippen molar-refractivity contribution < 1.29 is 14.3 Å². The first kappa shape index (κ1) is 19.8. The second-order valence-electron chi connectivity index (χ2n) is 6.24. The Morgan fingerprint density at radius 2 is 1.85 bits per heavy atom. The lowest BCUT2D eigenvalue weighted by Gasteiger charge is -2.29. The van der Waals surface area contributed by atoms with Crippen LogP contribution in [0.1, 0.15) is 40.7 Å². The number of rotatable bonds is 5. The number of carbonyl (C=O) groups excluding carboxylic acids is 2. The fourth-order valence-corrected chi connectivity index (χ4v) is 4.87. The first-order valence-electron chi connectivity index (χ1n) is 9.01. The molecule has 0 bridgehead atoms. The minimum atomic E-state index is -0.630. The van der Waals surface area contributed by atoms with E-state index in [1.165, 1.54) is 11.8 Å². The summed E-state index contributed by atoms with van der Waals surface area (Å²) in [7, 11) is 0. The molecule has 0 aliphatic carbocycles. The first-order chi connectivity index (χ1) is 13.1. The highest BCUT2D eigenvalue weighted by Crippen LogP contribution is 2.44. The van der Waals surface area contributed by atoms with E-state index >= 15 is 0 Å². The van der Waals surface area contributed by atoms with Gasteiger partial charge in [-0.1, -0.05) is 48.9 Å². The number of esters is 1. The molecule has 1 saturated heterocycles. The van der Waals surface area contributed by atoms with Crippen molar-refractivity contribution in [1.82, 2.24) is 4.90 Å². The third kappa shape index (κ3) is 4.14. The highest BCUT2D eigenvalue weighted by Gasteiger charge is 2.44. The SMILES string of the molecule is CCOC(=O)C1CSC(c2ccccc2Cl)N1C(=O)c1ccc(CC)cc1. The summed E-state index contributed by atoms with van der Waals surface area (Å²) in [6.45, 7) is 4.11. The molecule has 4 nitrogen and oxygen atoms in total. The van der Waals surface area contributed by atoms with E-state index in [0.29, 0.717) is 16.3 Å². The Labute approximate surface area is 168 Å². The number of nitrogens with zero attached hydrogens (tertiary/aromatic N) is 1. The summed E-state index contributed by atoms with van der Waals surface area (Å²) in [6.07, 6.45) is 0.904. The van der Waals surface area contributed by atoms with Crippen LogP contribution in [0.2, 0.25) is 5.02 Å². The highest BCUT2D eigenvalue weighted by atomic mass is 35.5. The molecule has 0 N–H and O–H groups in total. The van der Waals surface area contributed by atoms with Crippen molar-refractivity contribution in [3.8, 4) is 0 Å². The topological polar surface area (TPSA) is 46.6 Å². The summed E-state index contributed by atoms with van der Waals surface area (Å²) < 4.78 is 5.21. The van der Waals surface area contributed by atoms with E-state index in [0.717, 1.165) is 17.5 Å². The number of aryl methyl sites for hydroxylation is 1. The summed E-state index contributed by atoms with van der Waals surface area (Å²) in [5.74, 6) is -0.0863. The second kappa shape index (κ2) is 8.81. The molecule has 1 fully saturated rings.